The Labute approximate surface area is 127 Å². The molecule has 1 aromatic rings. The molecule has 0 saturated carbocycles. The lowest BCUT2D eigenvalue weighted by atomic mass is 10.1. The van der Waals surface area contributed by atoms with Gasteiger partial charge in [0.1, 0.15) is 0 Å². The van der Waals surface area contributed by atoms with Gasteiger partial charge in [-0.1, -0.05) is 22.0 Å². The predicted octanol–water partition coefficient (Wildman–Crippen LogP) is 3.26. The van der Waals surface area contributed by atoms with E-state index in [0.717, 1.165) is 36.0 Å². The van der Waals surface area contributed by atoms with Crippen molar-refractivity contribution >= 4 is 39.2 Å². The van der Waals surface area contributed by atoms with Crippen LogP contribution in [-0.4, -0.2) is 29.0 Å². The van der Waals surface area contributed by atoms with Gasteiger partial charge in [0.05, 0.1) is 0 Å². The highest BCUT2D eigenvalue weighted by Gasteiger charge is 2.16. The third-order valence-corrected chi connectivity index (χ3v) is 4.51. The maximum absolute atomic E-state index is 12.1. The highest BCUT2D eigenvalue weighted by atomic mass is 79.9. The number of halogens is 1. The number of carbonyl (C=O) groups excluding carboxylic acids is 1. The zero-order valence-corrected chi connectivity index (χ0v) is 13.3. The number of amides is 1. The molecule has 5 heteroatoms. The molecule has 0 aromatic heterocycles. The summed E-state index contributed by atoms with van der Waals surface area (Å²) in [6.07, 6.45) is 3.54. The summed E-state index contributed by atoms with van der Waals surface area (Å²) in [7, 11) is 0. The van der Waals surface area contributed by atoms with E-state index in [-0.39, 0.29) is 5.91 Å². The average molecular weight is 341 g/mol. The van der Waals surface area contributed by atoms with Crippen molar-refractivity contribution in [2.45, 2.75) is 26.2 Å². The van der Waals surface area contributed by atoms with Crippen LogP contribution in [0.3, 0.4) is 0 Å². The van der Waals surface area contributed by atoms with Gasteiger partial charge in [-0.05, 0) is 56.1 Å². The van der Waals surface area contributed by atoms with Gasteiger partial charge in [-0.3, -0.25) is 10.1 Å². The molecule has 1 heterocycles. The van der Waals surface area contributed by atoms with Crippen molar-refractivity contribution in [1.29, 1.82) is 0 Å². The Kier molecular flexibility index (Phi) is 4.93. The van der Waals surface area contributed by atoms with Crippen LogP contribution in [-0.2, 0) is 0 Å². The van der Waals surface area contributed by atoms with E-state index >= 15 is 0 Å². The van der Waals surface area contributed by atoms with Crippen molar-refractivity contribution < 1.29 is 4.79 Å². The van der Waals surface area contributed by atoms with E-state index in [0.29, 0.717) is 10.7 Å². The number of nitrogens with one attached hydrogen (secondary N) is 1. The summed E-state index contributed by atoms with van der Waals surface area (Å²) in [4.78, 5) is 14.2. The maximum Gasteiger partial charge on any atom is 0.257 e. The largest absolute Gasteiger partial charge is 0.349 e. The topological polar surface area (TPSA) is 32.3 Å². The fraction of sp³-hybridized carbons (Fsp3) is 0.429. The zero-order valence-electron chi connectivity index (χ0n) is 10.9. The van der Waals surface area contributed by atoms with Crippen LogP contribution in [0.25, 0.3) is 0 Å². The smallest absolute Gasteiger partial charge is 0.257 e. The third kappa shape index (κ3) is 3.76. The number of hydrogen-bond acceptors (Lipinski definition) is 2. The molecule has 0 unspecified atom stereocenters. The van der Waals surface area contributed by atoms with E-state index in [1.54, 1.807) is 0 Å². The van der Waals surface area contributed by atoms with Gasteiger partial charge < -0.3 is 4.90 Å². The van der Waals surface area contributed by atoms with E-state index in [4.69, 9.17) is 12.2 Å². The summed E-state index contributed by atoms with van der Waals surface area (Å²) in [6, 6.07) is 5.56. The first-order valence-corrected chi connectivity index (χ1v) is 7.64. The fourth-order valence-corrected chi connectivity index (χ4v) is 2.73. The maximum atomic E-state index is 12.1. The van der Waals surface area contributed by atoms with Crippen molar-refractivity contribution in [2.75, 3.05) is 13.1 Å². The quantitative estimate of drug-likeness (QED) is 0.796. The van der Waals surface area contributed by atoms with Gasteiger partial charge in [-0.15, -0.1) is 0 Å². The summed E-state index contributed by atoms with van der Waals surface area (Å²) < 4.78 is 0.934. The van der Waals surface area contributed by atoms with Crippen LogP contribution in [0.4, 0.5) is 0 Å². The minimum Gasteiger partial charge on any atom is -0.349 e. The predicted molar refractivity (Wildman–Crippen MR) is 84.4 cm³/mol. The van der Waals surface area contributed by atoms with E-state index in [1.165, 1.54) is 6.42 Å². The molecule has 1 fully saturated rings. The van der Waals surface area contributed by atoms with Crippen LogP contribution in [0.15, 0.2) is 22.7 Å². The Morgan fingerprint density at radius 1 is 1.32 bits per heavy atom. The second-order valence-electron chi connectivity index (χ2n) is 4.77. The molecular formula is C14H17BrN2OS. The Bertz CT molecular complexity index is 498. The van der Waals surface area contributed by atoms with E-state index < -0.39 is 0 Å². The normalized spacial score (nSPS) is 15.2. The number of aryl methyl sites for hydroxylation is 1. The molecule has 1 aliphatic rings. The monoisotopic (exact) mass is 340 g/mol. The number of benzene rings is 1. The summed E-state index contributed by atoms with van der Waals surface area (Å²) >= 11 is 8.72. The molecule has 0 bridgehead atoms. The second kappa shape index (κ2) is 6.48. The molecule has 3 nitrogen and oxygen atoms in total. The van der Waals surface area contributed by atoms with Crippen molar-refractivity contribution in [3.8, 4) is 0 Å². The Morgan fingerprint density at radius 2 is 2.00 bits per heavy atom. The van der Waals surface area contributed by atoms with Gasteiger partial charge in [-0.25, -0.2) is 0 Å². The summed E-state index contributed by atoms with van der Waals surface area (Å²) in [5, 5.41) is 3.35. The van der Waals surface area contributed by atoms with Crippen molar-refractivity contribution in [1.82, 2.24) is 10.2 Å². The summed E-state index contributed by atoms with van der Waals surface area (Å²) in [5.41, 5.74) is 1.73. The number of carbonyl (C=O) groups is 1. The lowest BCUT2D eigenvalue weighted by molar-refractivity contribution is 0.0972. The SMILES string of the molecule is Cc1ccc(C(=O)NC(=S)N2CCCCC2)cc1Br. The lowest BCUT2D eigenvalue weighted by Gasteiger charge is -2.28. The van der Waals surface area contributed by atoms with Gasteiger partial charge >= 0.3 is 0 Å². The number of piperidine rings is 1. The summed E-state index contributed by atoms with van der Waals surface area (Å²) in [5.74, 6) is -0.142. The molecule has 1 amide bonds. The van der Waals surface area contributed by atoms with Gasteiger partial charge in [0, 0.05) is 23.1 Å². The van der Waals surface area contributed by atoms with Gasteiger partial charge in [-0.2, -0.15) is 0 Å². The standard InChI is InChI=1S/C14H17BrN2OS/c1-10-5-6-11(9-12(10)15)13(18)16-14(19)17-7-3-2-4-8-17/h5-6,9H,2-4,7-8H2,1H3,(H,16,18,19). The fourth-order valence-electron chi connectivity index (χ4n) is 2.08. The molecule has 0 spiro atoms. The van der Waals surface area contributed by atoms with Crippen molar-refractivity contribution in [3.05, 3.63) is 33.8 Å². The number of likely N-dealkylation sites (tertiary alicyclic amines) is 1. The first kappa shape index (κ1) is 14.5. The Morgan fingerprint density at radius 3 is 2.63 bits per heavy atom. The van der Waals surface area contributed by atoms with Crippen LogP contribution in [0, 0.1) is 6.92 Å². The van der Waals surface area contributed by atoms with Crippen LogP contribution in [0.5, 0.6) is 0 Å². The van der Waals surface area contributed by atoms with Crippen LogP contribution >= 0.6 is 28.1 Å². The first-order valence-electron chi connectivity index (χ1n) is 6.44. The van der Waals surface area contributed by atoms with Crippen LogP contribution < -0.4 is 5.32 Å². The molecular weight excluding hydrogens is 324 g/mol. The van der Waals surface area contributed by atoms with Crippen molar-refractivity contribution in [3.63, 3.8) is 0 Å². The molecule has 1 aliphatic heterocycles. The van der Waals surface area contributed by atoms with E-state index in [1.807, 2.05) is 25.1 Å². The zero-order chi connectivity index (χ0) is 13.8. The number of hydrogen-bond donors (Lipinski definition) is 1. The van der Waals surface area contributed by atoms with E-state index in [9.17, 15) is 4.79 Å². The van der Waals surface area contributed by atoms with Crippen molar-refractivity contribution in [2.24, 2.45) is 0 Å². The molecule has 1 aromatic carbocycles. The Hall–Kier alpha value is -0.940. The van der Waals surface area contributed by atoms with Gasteiger partial charge in [0.15, 0.2) is 5.11 Å². The second-order valence-corrected chi connectivity index (χ2v) is 6.01. The Balaban J connectivity index is 1.99. The lowest BCUT2D eigenvalue weighted by Crippen LogP contribution is -2.44. The van der Waals surface area contributed by atoms with Crippen LogP contribution in [0.2, 0.25) is 0 Å². The molecule has 1 N–H and O–H groups in total. The number of rotatable bonds is 1. The summed E-state index contributed by atoms with van der Waals surface area (Å²) in [6.45, 7) is 3.87. The molecule has 1 saturated heterocycles. The minimum absolute atomic E-state index is 0.142. The molecule has 19 heavy (non-hydrogen) atoms. The average Bonchev–Trinajstić information content (AvgIpc) is 2.42. The van der Waals surface area contributed by atoms with Gasteiger partial charge in [0.2, 0.25) is 0 Å². The highest BCUT2D eigenvalue weighted by Crippen LogP contribution is 2.17. The molecule has 102 valence electrons. The number of nitrogens with zero attached hydrogens (tertiary/aromatic N) is 1. The minimum atomic E-state index is -0.142. The number of thiocarbonyl (C=S) groups is 1. The molecule has 0 aliphatic carbocycles. The molecule has 2 rings (SSSR count). The molecule has 0 atom stereocenters. The third-order valence-electron chi connectivity index (χ3n) is 3.30. The van der Waals surface area contributed by atoms with E-state index in [2.05, 4.69) is 26.1 Å². The van der Waals surface area contributed by atoms with Gasteiger partial charge in [0.25, 0.3) is 5.91 Å². The molecule has 0 radical (unpaired) electrons. The van der Waals surface area contributed by atoms with Crippen LogP contribution in [0.1, 0.15) is 35.2 Å². The highest BCUT2D eigenvalue weighted by molar-refractivity contribution is 9.10. The first-order chi connectivity index (χ1) is 9.08.